The fraction of sp³-hybridized carbons (Fsp3) is 0.188. The normalized spacial score (nSPS) is 11.2. The summed E-state index contributed by atoms with van der Waals surface area (Å²) in [6.45, 7) is 6.16. The van der Waals surface area contributed by atoms with E-state index < -0.39 is 0 Å². The van der Waals surface area contributed by atoms with E-state index in [1.165, 1.54) is 5.56 Å². The van der Waals surface area contributed by atoms with Gasteiger partial charge >= 0.3 is 0 Å². The summed E-state index contributed by atoms with van der Waals surface area (Å²) in [7, 11) is 0. The molecule has 3 rings (SSSR count). The number of halogens is 2. The van der Waals surface area contributed by atoms with E-state index >= 15 is 0 Å². The van der Waals surface area contributed by atoms with E-state index in [9.17, 15) is 0 Å². The third kappa shape index (κ3) is 2.09. The Morgan fingerprint density at radius 2 is 1.70 bits per heavy atom. The van der Waals surface area contributed by atoms with Crippen LogP contribution in [0.15, 0.2) is 30.3 Å². The Labute approximate surface area is 127 Å². The Hall–Kier alpha value is -1.51. The zero-order valence-corrected chi connectivity index (χ0v) is 13.0. The molecule has 0 radical (unpaired) electrons. The molecule has 4 heteroatoms. The van der Waals surface area contributed by atoms with Crippen LogP contribution in [0.1, 0.15) is 16.8 Å². The van der Waals surface area contributed by atoms with Gasteiger partial charge in [0, 0.05) is 10.6 Å². The van der Waals surface area contributed by atoms with Crippen LogP contribution in [0, 0.1) is 20.8 Å². The molecule has 0 amide bonds. The summed E-state index contributed by atoms with van der Waals surface area (Å²) in [5.41, 5.74) is 6.41. The van der Waals surface area contributed by atoms with Gasteiger partial charge in [0.15, 0.2) is 0 Å². The van der Waals surface area contributed by atoms with E-state index in [0.717, 1.165) is 28.0 Å². The molecule has 2 heterocycles. The Kier molecular flexibility index (Phi) is 3.23. The molecule has 102 valence electrons. The summed E-state index contributed by atoms with van der Waals surface area (Å²) in [4.78, 5) is 0. The topological polar surface area (TPSA) is 17.3 Å². The standard InChI is InChI=1S/C16H14Cl2N2/c1-9-6-11(3)19-20-15(9)7-10(2)16(20)13-5-4-12(17)8-14(13)18/h4-8H,1-3H3. The van der Waals surface area contributed by atoms with Crippen LogP contribution in [0.2, 0.25) is 10.0 Å². The van der Waals surface area contributed by atoms with Crippen LogP contribution in [0.5, 0.6) is 0 Å². The van der Waals surface area contributed by atoms with E-state index in [1.807, 2.05) is 23.6 Å². The van der Waals surface area contributed by atoms with E-state index in [4.69, 9.17) is 23.2 Å². The second kappa shape index (κ2) is 4.80. The molecule has 0 fully saturated rings. The van der Waals surface area contributed by atoms with Crippen molar-refractivity contribution in [1.29, 1.82) is 0 Å². The second-order valence-corrected chi connectivity index (χ2v) is 5.91. The van der Waals surface area contributed by atoms with Gasteiger partial charge < -0.3 is 0 Å². The molecule has 0 saturated heterocycles. The van der Waals surface area contributed by atoms with Gasteiger partial charge in [-0.15, -0.1) is 0 Å². The zero-order valence-electron chi connectivity index (χ0n) is 11.5. The first-order valence-electron chi connectivity index (χ1n) is 6.39. The van der Waals surface area contributed by atoms with Crippen LogP contribution >= 0.6 is 23.2 Å². The largest absolute Gasteiger partial charge is 0.232 e. The van der Waals surface area contributed by atoms with E-state index in [-0.39, 0.29) is 0 Å². The first kappa shape index (κ1) is 13.5. The number of hydrogen-bond donors (Lipinski definition) is 0. The monoisotopic (exact) mass is 304 g/mol. The fourth-order valence-electron chi connectivity index (χ4n) is 2.59. The average Bonchev–Trinajstić information content (AvgIpc) is 2.67. The van der Waals surface area contributed by atoms with Crippen molar-refractivity contribution < 1.29 is 0 Å². The summed E-state index contributed by atoms with van der Waals surface area (Å²) < 4.78 is 1.97. The SMILES string of the molecule is Cc1cc(C)c2cc(C)c(-c3ccc(Cl)cc3Cl)n2n1. The van der Waals surface area contributed by atoms with Gasteiger partial charge in [0.05, 0.1) is 21.9 Å². The first-order chi connectivity index (χ1) is 9.47. The summed E-state index contributed by atoms with van der Waals surface area (Å²) in [6.07, 6.45) is 0. The van der Waals surface area contributed by atoms with Crippen LogP contribution < -0.4 is 0 Å². The van der Waals surface area contributed by atoms with Gasteiger partial charge in [-0.05, 0) is 62.2 Å². The minimum atomic E-state index is 0.637. The molecule has 1 aromatic carbocycles. The van der Waals surface area contributed by atoms with Crippen molar-refractivity contribution in [1.82, 2.24) is 9.61 Å². The highest BCUT2D eigenvalue weighted by atomic mass is 35.5. The van der Waals surface area contributed by atoms with Crippen molar-refractivity contribution in [3.05, 3.63) is 57.2 Å². The molecule has 0 spiro atoms. The van der Waals surface area contributed by atoms with Crippen molar-refractivity contribution in [2.24, 2.45) is 0 Å². The fourth-order valence-corrected chi connectivity index (χ4v) is 3.09. The minimum Gasteiger partial charge on any atom is -0.232 e. The number of rotatable bonds is 1. The number of aromatic nitrogens is 2. The quantitative estimate of drug-likeness (QED) is 0.601. The smallest absolute Gasteiger partial charge is 0.0770 e. The van der Waals surface area contributed by atoms with Crippen LogP contribution in [0.4, 0.5) is 0 Å². The van der Waals surface area contributed by atoms with Gasteiger partial charge in [-0.3, -0.25) is 0 Å². The second-order valence-electron chi connectivity index (χ2n) is 5.07. The molecule has 3 aromatic rings. The molecule has 0 aliphatic rings. The van der Waals surface area contributed by atoms with E-state index in [1.54, 1.807) is 6.07 Å². The van der Waals surface area contributed by atoms with Crippen LogP contribution in [0.3, 0.4) is 0 Å². The lowest BCUT2D eigenvalue weighted by Gasteiger charge is -2.08. The zero-order chi connectivity index (χ0) is 14.4. The van der Waals surface area contributed by atoms with Gasteiger partial charge in [0.1, 0.15) is 0 Å². The van der Waals surface area contributed by atoms with Gasteiger partial charge in [-0.1, -0.05) is 23.2 Å². The predicted molar refractivity (Wildman–Crippen MR) is 84.9 cm³/mol. The molecular weight excluding hydrogens is 291 g/mol. The lowest BCUT2D eigenvalue weighted by molar-refractivity contribution is 0.903. The summed E-state index contributed by atoms with van der Waals surface area (Å²) in [5.74, 6) is 0. The maximum atomic E-state index is 6.35. The summed E-state index contributed by atoms with van der Waals surface area (Å²) >= 11 is 12.3. The molecule has 0 aliphatic heterocycles. The Balaban J connectivity index is 2.38. The van der Waals surface area contributed by atoms with Crippen molar-refractivity contribution in [3.63, 3.8) is 0 Å². The van der Waals surface area contributed by atoms with Crippen molar-refractivity contribution in [2.45, 2.75) is 20.8 Å². The van der Waals surface area contributed by atoms with E-state index in [2.05, 4.69) is 31.1 Å². The Morgan fingerprint density at radius 1 is 0.950 bits per heavy atom. The number of benzene rings is 1. The molecule has 0 saturated carbocycles. The van der Waals surface area contributed by atoms with Crippen molar-refractivity contribution in [2.75, 3.05) is 0 Å². The third-order valence-corrected chi connectivity index (χ3v) is 3.99. The number of fused-ring (bicyclic) bond motifs is 1. The maximum Gasteiger partial charge on any atom is 0.0770 e. The molecular formula is C16H14Cl2N2. The molecule has 20 heavy (non-hydrogen) atoms. The number of nitrogens with zero attached hydrogens (tertiary/aromatic N) is 2. The Morgan fingerprint density at radius 3 is 2.40 bits per heavy atom. The number of aryl methyl sites for hydroxylation is 3. The maximum absolute atomic E-state index is 6.35. The van der Waals surface area contributed by atoms with Crippen LogP contribution in [-0.2, 0) is 0 Å². The molecule has 2 aromatic heterocycles. The molecule has 0 atom stereocenters. The van der Waals surface area contributed by atoms with Crippen LogP contribution in [-0.4, -0.2) is 9.61 Å². The highest BCUT2D eigenvalue weighted by Crippen LogP contribution is 2.34. The molecule has 0 unspecified atom stereocenters. The van der Waals surface area contributed by atoms with Crippen molar-refractivity contribution in [3.8, 4) is 11.3 Å². The third-order valence-electron chi connectivity index (χ3n) is 3.44. The first-order valence-corrected chi connectivity index (χ1v) is 7.15. The summed E-state index contributed by atoms with van der Waals surface area (Å²) in [6, 6.07) is 9.78. The molecule has 0 aliphatic carbocycles. The highest BCUT2D eigenvalue weighted by Gasteiger charge is 2.15. The average molecular weight is 305 g/mol. The summed E-state index contributed by atoms with van der Waals surface area (Å²) in [5, 5.41) is 5.90. The van der Waals surface area contributed by atoms with Gasteiger partial charge in [-0.2, -0.15) is 5.10 Å². The lowest BCUT2D eigenvalue weighted by Crippen LogP contribution is -1.99. The van der Waals surface area contributed by atoms with Crippen molar-refractivity contribution >= 4 is 28.7 Å². The minimum absolute atomic E-state index is 0.637. The highest BCUT2D eigenvalue weighted by molar-refractivity contribution is 6.36. The van der Waals surface area contributed by atoms with Gasteiger partial charge in [0.25, 0.3) is 0 Å². The lowest BCUT2D eigenvalue weighted by atomic mass is 10.1. The predicted octanol–water partition coefficient (Wildman–Crippen LogP) is 5.23. The molecule has 0 bridgehead atoms. The molecule has 2 nitrogen and oxygen atoms in total. The van der Waals surface area contributed by atoms with Gasteiger partial charge in [-0.25, -0.2) is 4.52 Å². The van der Waals surface area contributed by atoms with Gasteiger partial charge in [0.2, 0.25) is 0 Å². The number of hydrogen-bond acceptors (Lipinski definition) is 1. The molecule has 0 N–H and O–H groups in total. The van der Waals surface area contributed by atoms with E-state index in [0.29, 0.717) is 10.0 Å². The van der Waals surface area contributed by atoms with Crippen LogP contribution in [0.25, 0.3) is 16.8 Å². The Bertz CT molecular complexity index is 819.